The van der Waals surface area contributed by atoms with Crippen molar-refractivity contribution in [2.45, 2.75) is 94.4 Å². The number of halogens is 1. The molecule has 2 unspecified atom stereocenters. The summed E-state index contributed by atoms with van der Waals surface area (Å²) in [5.74, 6) is -0.234. The maximum Gasteiger partial charge on any atom is 0.328 e. The van der Waals surface area contributed by atoms with Crippen LogP contribution >= 0.6 is 24.8 Å². The van der Waals surface area contributed by atoms with E-state index in [0.717, 1.165) is 0 Å². The Morgan fingerprint density at radius 3 is 2.40 bits per heavy atom. The van der Waals surface area contributed by atoms with Crippen molar-refractivity contribution in [3.8, 4) is 0 Å². The molecule has 4 aromatic heterocycles. The third-order valence-corrected chi connectivity index (χ3v) is 20.1. The normalized spacial score (nSPS) is 30.6. The van der Waals surface area contributed by atoms with Crippen LogP contribution in [-0.4, -0.2) is 120 Å². The monoisotopic (exact) mass is 978 g/mol. The van der Waals surface area contributed by atoms with Crippen LogP contribution in [0.4, 0.5) is 5.82 Å². The average molecular weight is 979 g/mol. The summed E-state index contributed by atoms with van der Waals surface area (Å²) in [6.45, 7) is 11.4. The first-order chi connectivity index (χ1) is 29.9. The van der Waals surface area contributed by atoms with Gasteiger partial charge in [-0.3, -0.25) is 18.5 Å². The number of aryl methyl sites for hydroxylation is 1. The number of nitrogens with zero attached hydrogens (tertiary/aromatic N) is 9. The molecule has 26 heteroatoms. The Balaban J connectivity index is 1.15. The molecule has 2 N–H and O–H groups in total. The smallest absolute Gasteiger partial charge is 0.328 e. The summed E-state index contributed by atoms with van der Waals surface area (Å²) in [5, 5.41) is 1.47. The number of amides is 1. The van der Waals surface area contributed by atoms with Crippen molar-refractivity contribution in [2.75, 3.05) is 31.4 Å². The van der Waals surface area contributed by atoms with Crippen molar-refractivity contribution >= 4 is 90.8 Å². The van der Waals surface area contributed by atoms with Gasteiger partial charge in [-0.25, -0.2) is 36.5 Å². The standard InChI is InChI=1S/C37H45ClN10O10P2S2Si/c1-21-25-31(42-16-40-21)48(18-44-25)35-28-29(58-63(6,7)37(2,3)4)36(55-35)51-20-59(50,61)56-27-23(15-53-60(62,57-28)52-14-13-39-5)54-34(24(27)38)47-19-45-26-30(41-17-43-32(26)47)46-33(49)22-11-9-8-10-12-22/h8-12,16-19,23-24,27-29,34-36H,13-15,20H2,1-4,6-7H3,(H,50,61)(H,41,43,46,49)/t23-,24-,27-,28-,29+,34-,35-,36+,59?,60?/m1/s1. The average Bonchev–Trinajstić information content (AvgIpc) is 4.01. The molecule has 0 radical (unpaired) electrons. The lowest BCUT2D eigenvalue weighted by Crippen LogP contribution is -2.50. The van der Waals surface area contributed by atoms with E-state index in [1.165, 1.54) is 19.0 Å². The molecule has 0 saturated carbocycles. The van der Waals surface area contributed by atoms with Gasteiger partial charge in [0, 0.05) is 5.56 Å². The number of aromatic nitrogens is 8. The highest BCUT2D eigenvalue weighted by atomic mass is 35.5. The molecule has 2 bridgehead atoms. The summed E-state index contributed by atoms with van der Waals surface area (Å²) in [6.07, 6.45) is -2.30. The van der Waals surface area contributed by atoms with Gasteiger partial charge in [0.15, 0.2) is 49.7 Å². The van der Waals surface area contributed by atoms with Crippen LogP contribution in [-0.2, 0) is 60.3 Å². The molecule has 20 nitrogen and oxygen atoms in total. The molecule has 1 aromatic carbocycles. The first-order valence-corrected chi connectivity index (χ1v) is 28.5. The van der Waals surface area contributed by atoms with Gasteiger partial charge < -0.3 is 47.3 Å². The molecule has 3 aliphatic heterocycles. The quantitative estimate of drug-likeness (QED) is 0.0552. The number of nitrogens with one attached hydrogen (secondary N) is 1. The predicted molar refractivity (Wildman–Crippen MR) is 239 cm³/mol. The van der Waals surface area contributed by atoms with Crippen molar-refractivity contribution in [2.24, 2.45) is 0 Å². The minimum atomic E-state index is -3.89. The zero-order valence-corrected chi connectivity index (χ0v) is 40.1. The van der Waals surface area contributed by atoms with Crippen molar-refractivity contribution in [1.82, 2.24) is 39.0 Å². The zero-order valence-electron chi connectivity index (χ0n) is 34.9. The predicted octanol–water partition coefficient (Wildman–Crippen LogP) is 6.21. The maximum absolute atomic E-state index is 13.1. The highest BCUT2D eigenvalue weighted by Gasteiger charge is 2.56. The van der Waals surface area contributed by atoms with Crippen LogP contribution in [0.25, 0.3) is 27.2 Å². The van der Waals surface area contributed by atoms with Crippen LogP contribution in [0.15, 0.2) is 55.6 Å². The summed E-state index contributed by atoms with van der Waals surface area (Å²) >= 11 is 19.1. The molecule has 5 aromatic rings. The first-order valence-electron chi connectivity index (χ1n) is 19.7. The van der Waals surface area contributed by atoms with Crippen molar-refractivity contribution in [3.05, 3.63) is 78.3 Å². The van der Waals surface area contributed by atoms with Gasteiger partial charge in [0.2, 0.25) is 13.0 Å². The number of hydrogen-bond acceptors (Lipinski definition) is 17. The van der Waals surface area contributed by atoms with Gasteiger partial charge in [-0.05, 0) is 60.8 Å². The van der Waals surface area contributed by atoms with Gasteiger partial charge in [0.25, 0.3) is 5.91 Å². The zero-order chi connectivity index (χ0) is 44.9. The number of alkyl halides is 1. The maximum atomic E-state index is 13.1. The number of carbonyl (C=O) groups is 1. The molecule has 1 amide bonds. The fraction of sp³-hybridized carbons (Fsp3) is 0.514. The number of benzene rings is 1. The first kappa shape index (κ1) is 46.3. The molecule has 336 valence electrons. The molecule has 8 rings (SSSR count). The lowest BCUT2D eigenvalue weighted by molar-refractivity contribution is -0.165. The summed E-state index contributed by atoms with van der Waals surface area (Å²) in [6, 6.07) is 8.65. The van der Waals surface area contributed by atoms with Gasteiger partial charge in [0.1, 0.15) is 60.9 Å². The van der Waals surface area contributed by atoms with Crippen LogP contribution in [0.5, 0.6) is 0 Å². The van der Waals surface area contributed by atoms with Crippen LogP contribution in [0.2, 0.25) is 18.1 Å². The van der Waals surface area contributed by atoms with E-state index < -0.39 is 82.3 Å². The molecule has 0 aliphatic carbocycles. The van der Waals surface area contributed by atoms with Crippen LogP contribution in [0.1, 0.15) is 49.3 Å². The van der Waals surface area contributed by atoms with Gasteiger partial charge in [-0.1, -0.05) is 39.0 Å². The second kappa shape index (κ2) is 18.2. The second-order valence-electron chi connectivity index (χ2n) is 16.4. The van der Waals surface area contributed by atoms with E-state index in [-0.39, 0.29) is 41.8 Å². The van der Waals surface area contributed by atoms with E-state index in [9.17, 15) is 9.69 Å². The second-order valence-corrected chi connectivity index (χ2v) is 28.1. The summed E-state index contributed by atoms with van der Waals surface area (Å²) < 4.78 is 55.7. The Hall–Kier alpha value is -3.27. The van der Waals surface area contributed by atoms with Crippen LogP contribution < -0.4 is 5.32 Å². The number of anilines is 1. The highest BCUT2D eigenvalue weighted by Crippen LogP contribution is 2.58. The van der Waals surface area contributed by atoms with E-state index in [1.807, 2.05) is 6.92 Å². The topological polar surface area (TPSA) is 215 Å². The number of hydrogen-bond donors (Lipinski definition) is 2. The SMILES string of the molecule is [C-]#[N+]CCOP1(=S)OC[C@H]2O[C@@H](n3cnc4c(NC(=O)c5ccccc5)ncnc43)[C@H](Cl)[C@@H]2OP(O)(=S)CO[C@H]2O[C@@H](n3cnc4c(C)ncnc43)[C@H](O1)[C@@H]2O[Si](C)(C)C(C)(C)C. The largest absolute Gasteiger partial charge is 0.406 e. The minimum absolute atomic E-state index is 0.0397. The van der Waals surface area contributed by atoms with E-state index in [1.54, 1.807) is 45.8 Å². The Bertz CT molecular complexity index is 2640. The number of rotatable bonds is 9. The fourth-order valence-electron chi connectivity index (χ4n) is 6.95. The third kappa shape index (κ3) is 9.54. The van der Waals surface area contributed by atoms with E-state index in [0.29, 0.717) is 22.4 Å². The molecule has 10 atom stereocenters. The summed E-state index contributed by atoms with van der Waals surface area (Å²) in [5.41, 5.74) is 2.58. The van der Waals surface area contributed by atoms with Crippen LogP contribution in [0, 0.1) is 13.5 Å². The Labute approximate surface area is 378 Å². The molecule has 0 spiro atoms. The molecular weight excluding hydrogens is 934 g/mol. The van der Waals surface area contributed by atoms with Crippen molar-refractivity contribution < 1.29 is 46.4 Å². The minimum Gasteiger partial charge on any atom is -0.406 e. The van der Waals surface area contributed by atoms with Gasteiger partial charge in [-0.2, -0.15) is 0 Å². The third-order valence-electron chi connectivity index (χ3n) is 11.2. The lowest BCUT2D eigenvalue weighted by Gasteiger charge is -2.40. The van der Waals surface area contributed by atoms with Crippen molar-refractivity contribution in [3.63, 3.8) is 0 Å². The Morgan fingerprint density at radius 2 is 1.68 bits per heavy atom. The molecule has 7 heterocycles. The number of carbonyl (C=O) groups excluding carboxylic acids is 1. The fourth-order valence-corrected chi connectivity index (χ4v) is 12.3. The summed E-state index contributed by atoms with van der Waals surface area (Å²) in [7, 11) is -2.65. The number of imidazole rings is 2. The number of ether oxygens (including phenoxy) is 3. The molecular formula is C37H45ClN10O10P2S2Si. The van der Waals surface area contributed by atoms with Gasteiger partial charge >= 0.3 is 6.72 Å². The lowest BCUT2D eigenvalue weighted by atomic mass is 10.2. The molecule has 3 fully saturated rings. The highest BCUT2D eigenvalue weighted by molar-refractivity contribution is 8.09. The Kier molecular flexibility index (Phi) is 13.4. The summed E-state index contributed by atoms with van der Waals surface area (Å²) in [4.78, 5) is 54.9. The Morgan fingerprint density at radius 1 is 1.00 bits per heavy atom. The number of fused-ring (bicyclic) bond motifs is 5. The van der Waals surface area contributed by atoms with E-state index in [4.69, 9.17) is 78.5 Å². The van der Waals surface area contributed by atoms with E-state index in [2.05, 4.69) is 73.9 Å². The van der Waals surface area contributed by atoms with Crippen molar-refractivity contribution in [1.29, 1.82) is 0 Å². The van der Waals surface area contributed by atoms with E-state index >= 15 is 0 Å². The molecule has 3 aliphatic rings. The van der Waals surface area contributed by atoms with Crippen LogP contribution in [0.3, 0.4) is 0 Å². The van der Waals surface area contributed by atoms with Gasteiger partial charge in [-0.15, -0.1) is 11.6 Å². The molecule has 63 heavy (non-hydrogen) atoms. The molecule has 3 saturated heterocycles. The van der Waals surface area contributed by atoms with Gasteiger partial charge in [0.05, 0.1) is 25.0 Å².